The molecule has 8 nitrogen and oxygen atoms in total. The minimum Gasteiger partial charge on any atom is -0.509 e. The normalized spacial score (nSPS) is 17.9. The Morgan fingerprint density at radius 3 is 2.87 bits per heavy atom. The number of benzene rings is 1. The minimum atomic E-state index is -0.0255. The third-order valence-electron chi connectivity index (χ3n) is 5.65. The van der Waals surface area contributed by atoms with Gasteiger partial charge in [-0.05, 0) is 62.2 Å². The Hall–Kier alpha value is -3.26. The molecule has 0 radical (unpaired) electrons. The van der Waals surface area contributed by atoms with Crippen LogP contribution in [0.4, 0.5) is 11.5 Å². The van der Waals surface area contributed by atoms with Gasteiger partial charge in [0.25, 0.3) is 0 Å². The van der Waals surface area contributed by atoms with E-state index in [1.165, 1.54) is 12.5 Å². The van der Waals surface area contributed by atoms with Crippen LogP contribution in [0.25, 0.3) is 5.52 Å². The van der Waals surface area contributed by atoms with Crippen molar-refractivity contribution in [1.82, 2.24) is 19.5 Å². The Kier molecular flexibility index (Phi) is 5.50. The molecule has 1 aromatic carbocycles. The van der Waals surface area contributed by atoms with Gasteiger partial charge in [-0.3, -0.25) is 4.90 Å². The van der Waals surface area contributed by atoms with Gasteiger partial charge in [0.2, 0.25) is 0 Å². The highest BCUT2D eigenvalue weighted by atomic mass is 16.5. The van der Waals surface area contributed by atoms with Crippen LogP contribution in [-0.2, 0) is 0 Å². The standard InChI is InChI=1S/C22H27N5O3/c1-14-10-17(4-5-20(14)30-3)25-22-21-18(7-9-27(21)24-13-23-22)16-6-8-26(11-16)12-19(29)15(2)28/h4-5,7,9-10,13,16,28-29H,6,8,11-12H2,1-3H3,(H,23,24,25)/b19-15+. The van der Waals surface area contributed by atoms with Crippen molar-refractivity contribution in [2.24, 2.45) is 0 Å². The number of aromatic nitrogens is 3. The zero-order chi connectivity index (χ0) is 21.3. The molecule has 3 heterocycles. The van der Waals surface area contributed by atoms with Crippen LogP contribution >= 0.6 is 0 Å². The van der Waals surface area contributed by atoms with E-state index in [0.29, 0.717) is 12.5 Å². The number of aryl methyl sites for hydroxylation is 1. The number of aliphatic hydroxyl groups is 2. The highest BCUT2D eigenvalue weighted by Crippen LogP contribution is 2.34. The van der Waals surface area contributed by atoms with Crippen molar-refractivity contribution < 1.29 is 14.9 Å². The number of aliphatic hydroxyl groups excluding tert-OH is 2. The van der Waals surface area contributed by atoms with Crippen molar-refractivity contribution in [3.8, 4) is 5.75 Å². The number of hydrogen-bond donors (Lipinski definition) is 3. The van der Waals surface area contributed by atoms with E-state index < -0.39 is 0 Å². The van der Waals surface area contributed by atoms with Crippen LogP contribution in [0, 0.1) is 6.92 Å². The summed E-state index contributed by atoms with van der Waals surface area (Å²) in [6.45, 7) is 5.52. The third kappa shape index (κ3) is 3.91. The summed E-state index contributed by atoms with van der Waals surface area (Å²) in [6, 6.07) is 8.03. The van der Waals surface area contributed by atoms with Crippen molar-refractivity contribution >= 4 is 17.0 Å². The van der Waals surface area contributed by atoms with Crippen molar-refractivity contribution in [1.29, 1.82) is 0 Å². The molecular formula is C22H27N5O3. The third-order valence-corrected chi connectivity index (χ3v) is 5.65. The molecule has 2 aromatic heterocycles. The Morgan fingerprint density at radius 1 is 1.30 bits per heavy atom. The van der Waals surface area contributed by atoms with Gasteiger partial charge in [-0.2, -0.15) is 5.10 Å². The highest BCUT2D eigenvalue weighted by molar-refractivity contribution is 5.77. The summed E-state index contributed by atoms with van der Waals surface area (Å²) >= 11 is 0. The molecule has 1 fully saturated rings. The fraction of sp³-hybridized carbons (Fsp3) is 0.364. The maximum atomic E-state index is 9.89. The zero-order valence-corrected chi connectivity index (χ0v) is 17.5. The van der Waals surface area contributed by atoms with Crippen molar-refractivity contribution in [3.63, 3.8) is 0 Å². The van der Waals surface area contributed by atoms with Gasteiger partial charge in [0.15, 0.2) is 5.82 Å². The summed E-state index contributed by atoms with van der Waals surface area (Å²) in [6.07, 6.45) is 4.46. The summed E-state index contributed by atoms with van der Waals surface area (Å²) in [7, 11) is 1.67. The van der Waals surface area contributed by atoms with Crippen LogP contribution in [0.3, 0.4) is 0 Å². The van der Waals surface area contributed by atoms with Gasteiger partial charge in [-0.1, -0.05) is 0 Å². The molecule has 1 aliphatic heterocycles. The molecule has 0 spiro atoms. The number of allylic oxidation sites excluding steroid dienone is 1. The molecule has 30 heavy (non-hydrogen) atoms. The Bertz CT molecular complexity index is 1090. The molecule has 1 saturated heterocycles. The largest absolute Gasteiger partial charge is 0.509 e. The van der Waals surface area contributed by atoms with Crippen LogP contribution in [0.1, 0.15) is 30.4 Å². The van der Waals surface area contributed by atoms with Gasteiger partial charge in [-0.15, -0.1) is 0 Å². The minimum absolute atomic E-state index is 0.0255. The maximum Gasteiger partial charge on any atom is 0.158 e. The predicted molar refractivity (Wildman–Crippen MR) is 116 cm³/mol. The summed E-state index contributed by atoms with van der Waals surface area (Å²) in [5.41, 5.74) is 4.11. The van der Waals surface area contributed by atoms with E-state index in [-0.39, 0.29) is 11.5 Å². The summed E-state index contributed by atoms with van der Waals surface area (Å²) < 4.78 is 7.19. The lowest BCUT2D eigenvalue weighted by molar-refractivity contribution is 0.257. The van der Waals surface area contributed by atoms with Crippen LogP contribution < -0.4 is 10.1 Å². The van der Waals surface area contributed by atoms with Crippen molar-refractivity contribution in [2.75, 3.05) is 32.1 Å². The van der Waals surface area contributed by atoms with Gasteiger partial charge >= 0.3 is 0 Å². The average molecular weight is 409 g/mol. The van der Waals surface area contributed by atoms with Crippen LogP contribution in [0.15, 0.2) is 48.3 Å². The van der Waals surface area contributed by atoms with E-state index in [2.05, 4.69) is 26.4 Å². The molecule has 4 rings (SSSR count). The average Bonchev–Trinajstić information content (AvgIpc) is 3.35. The number of anilines is 2. The Balaban J connectivity index is 1.60. The van der Waals surface area contributed by atoms with Gasteiger partial charge in [-0.25, -0.2) is 9.50 Å². The Labute approximate surface area is 175 Å². The molecule has 0 saturated carbocycles. The second-order valence-electron chi connectivity index (χ2n) is 7.74. The molecule has 0 bridgehead atoms. The van der Waals surface area contributed by atoms with Gasteiger partial charge < -0.3 is 20.3 Å². The number of fused-ring (bicyclic) bond motifs is 1. The van der Waals surface area contributed by atoms with Crippen LogP contribution in [0.5, 0.6) is 5.75 Å². The lowest BCUT2D eigenvalue weighted by atomic mass is 9.99. The first-order valence-electron chi connectivity index (χ1n) is 10.00. The lowest BCUT2D eigenvalue weighted by Gasteiger charge is -2.16. The molecular weight excluding hydrogens is 382 g/mol. The quantitative estimate of drug-likeness (QED) is 0.531. The molecule has 1 atom stereocenters. The van der Waals surface area contributed by atoms with Crippen molar-refractivity contribution in [3.05, 3.63) is 59.4 Å². The van der Waals surface area contributed by atoms with E-state index in [1.807, 2.05) is 35.8 Å². The first-order chi connectivity index (χ1) is 14.5. The number of rotatable bonds is 6. The second-order valence-corrected chi connectivity index (χ2v) is 7.74. The van der Waals surface area contributed by atoms with Gasteiger partial charge in [0, 0.05) is 24.3 Å². The number of methoxy groups -OCH3 is 1. The molecule has 158 valence electrons. The summed E-state index contributed by atoms with van der Waals surface area (Å²) in [5.74, 6) is 1.89. The SMILES string of the molecule is COc1ccc(Nc2ncnn3ccc(C4CCN(C/C(O)=C(/C)O)C4)c23)cc1C. The number of likely N-dealkylation sites (tertiary alicyclic amines) is 1. The van der Waals surface area contributed by atoms with Crippen LogP contribution in [-0.4, -0.2) is 56.5 Å². The van der Waals surface area contributed by atoms with E-state index in [4.69, 9.17) is 4.74 Å². The Morgan fingerprint density at radius 2 is 2.13 bits per heavy atom. The maximum absolute atomic E-state index is 9.89. The first kappa shape index (κ1) is 20.0. The molecule has 1 unspecified atom stereocenters. The number of ether oxygens (including phenoxy) is 1. The highest BCUT2D eigenvalue weighted by Gasteiger charge is 2.28. The van der Waals surface area contributed by atoms with Gasteiger partial charge in [0.05, 0.1) is 13.7 Å². The molecule has 0 aliphatic carbocycles. The fourth-order valence-electron chi connectivity index (χ4n) is 4.05. The molecule has 3 aromatic rings. The zero-order valence-electron chi connectivity index (χ0n) is 17.5. The van der Waals surface area contributed by atoms with E-state index in [9.17, 15) is 10.2 Å². The van der Waals surface area contributed by atoms with Gasteiger partial charge in [0.1, 0.15) is 29.1 Å². The molecule has 0 amide bonds. The second kappa shape index (κ2) is 8.23. The van der Waals surface area contributed by atoms with E-state index >= 15 is 0 Å². The molecule has 8 heteroatoms. The van der Waals surface area contributed by atoms with E-state index in [1.54, 1.807) is 13.4 Å². The smallest absolute Gasteiger partial charge is 0.158 e. The number of nitrogens with zero attached hydrogens (tertiary/aromatic N) is 4. The first-order valence-corrected chi connectivity index (χ1v) is 10.00. The monoisotopic (exact) mass is 409 g/mol. The predicted octanol–water partition coefficient (Wildman–Crippen LogP) is 3.93. The summed E-state index contributed by atoms with van der Waals surface area (Å²) in [5, 5.41) is 27.1. The fourth-order valence-corrected chi connectivity index (χ4v) is 4.05. The van der Waals surface area contributed by atoms with Crippen LogP contribution in [0.2, 0.25) is 0 Å². The topological polar surface area (TPSA) is 95.2 Å². The van der Waals surface area contributed by atoms with Crippen molar-refractivity contribution in [2.45, 2.75) is 26.2 Å². The van der Waals surface area contributed by atoms with E-state index in [0.717, 1.165) is 47.8 Å². The lowest BCUT2D eigenvalue weighted by Crippen LogP contribution is -2.23. The number of hydrogen-bond acceptors (Lipinski definition) is 7. The molecule has 1 aliphatic rings. The number of nitrogens with one attached hydrogen (secondary N) is 1. The summed E-state index contributed by atoms with van der Waals surface area (Å²) in [4.78, 5) is 6.65. The molecule has 3 N–H and O–H groups in total.